The molecule has 1 aliphatic heterocycles. The summed E-state index contributed by atoms with van der Waals surface area (Å²) in [5, 5.41) is 1.99. The van der Waals surface area contributed by atoms with Gasteiger partial charge in [0.15, 0.2) is 0 Å². The minimum absolute atomic E-state index is 0.0212. The molecular weight excluding hydrogens is 420 g/mol. The number of hydrogen-bond donors (Lipinski definition) is 0. The van der Waals surface area contributed by atoms with Crippen LogP contribution in [0.3, 0.4) is 0 Å². The predicted octanol–water partition coefficient (Wildman–Crippen LogP) is 4.20. The maximum Gasteiger partial charge on any atom is 0.338 e. The zero-order chi connectivity index (χ0) is 21.1. The number of aryl methyl sites for hydroxylation is 1. The molecule has 0 N–H and O–H groups in total. The number of esters is 1. The number of imide groups is 1. The van der Waals surface area contributed by atoms with Gasteiger partial charge >= 0.3 is 5.97 Å². The van der Waals surface area contributed by atoms with E-state index in [0.29, 0.717) is 22.4 Å². The third-order valence-corrected chi connectivity index (χ3v) is 6.80. The number of thiazole rings is 1. The summed E-state index contributed by atoms with van der Waals surface area (Å²) in [6.45, 7) is 1.91. The number of hydrogen-bond acceptors (Lipinski definition) is 7. The van der Waals surface area contributed by atoms with Gasteiger partial charge in [0.2, 0.25) is 0 Å². The summed E-state index contributed by atoms with van der Waals surface area (Å²) in [5.41, 5.74) is 3.06. The quantitative estimate of drug-likeness (QED) is 0.313. The van der Waals surface area contributed by atoms with Crippen molar-refractivity contribution >= 4 is 40.9 Å². The van der Waals surface area contributed by atoms with Gasteiger partial charge in [0.1, 0.15) is 10.9 Å². The highest BCUT2D eigenvalue weighted by molar-refractivity contribution is 8.00. The number of nitrogens with zero attached hydrogens (tertiary/aromatic N) is 2. The van der Waals surface area contributed by atoms with E-state index in [0.717, 1.165) is 20.5 Å². The van der Waals surface area contributed by atoms with Crippen molar-refractivity contribution in [2.24, 2.45) is 0 Å². The fourth-order valence-electron chi connectivity index (χ4n) is 3.13. The number of ether oxygens (including phenoxy) is 1. The molecule has 30 heavy (non-hydrogen) atoms. The Kier molecular flexibility index (Phi) is 5.96. The van der Waals surface area contributed by atoms with Crippen molar-refractivity contribution in [1.29, 1.82) is 0 Å². The summed E-state index contributed by atoms with van der Waals surface area (Å²) < 4.78 is 6.32. The standard InChI is InChI=1S/C22H18N2O4S2/c1-14-12-29-22(23-14)30-13-15-6-2-3-7-16(15)21(27)28-11-10-24-19(25)17-8-4-5-9-18(17)20(24)26/h2-9,12H,10-11,13H2,1H3. The first-order valence-corrected chi connectivity index (χ1v) is 11.2. The fourth-order valence-corrected chi connectivity index (χ4v) is 4.99. The molecule has 0 radical (unpaired) electrons. The molecule has 0 aliphatic carbocycles. The Bertz CT molecular complexity index is 1090. The van der Waals surface area contributed by atoms with Crippen LogP contribution in [0.5, 0.6) is 0 Å². The molecule has 0 unspecified atom stereocenters. The van der Waals surface area contributed by atoms with E-state index in [1.54, 1.807) is 59.5 Å². The summed E-state index contributed by atoms with van der Waals surface area (Å²) in [6.07, 6.45) is 0. The van der Waals surface area contributed by atoms with Crippen molar-refractivity contribution in [2.45, 2.75) is 17.0 Å². The number of carbonyl (C=O) groups is 3. The summed E-state index contributed by atoms with van der Waals surface area (Å²) in [4.78, 5) is 42.9. The van der Waals surface area contributed by atoms with E-state index in [4.69, 9.17) is 4.74 Å². The monoisotopic (exact) mass is 438 g/mol. The van der Waals surface area contributed by atoms with E-state index >= 15 is 0 Å². The van der Waals surface area contributed by atoms with Crippen molar-refractivity contribution in [2.75, 3.05) is 13.2 Å². The Morgan fingerprint density at radius 3 is 2.40 bits per heavy atom. The number of rotatable bonds is 7. The van der Waals surface area contributed by atoms with Gasteiger partial charge in [-0.2, -0.15) is 0 Å². The van der Waals surface area contributed by atoms with Gasteiger partial charge in [0.05, 0.1) is 23.2 Å². The number of benzene rings is 2. The molecule has 152 valence electrons. The van der Waals surface area contributed by atoms with Crippen molar-refractivity contribution < 1.29 is 19.1 Å². The third-order valence-electron chi connectivity index (χ3n) is 4.61. The minimum Gasteiger partial charge on any atom is -0.460 e. The highest BCUT2D eigenvalue weighted by atomic mass is 32.2. The van der Waals surface area contributed by atoms with E-state index in [-0.39, 0.29) is 25.0 Å². The van der Waals surface area contributed by atoms with Crippen molar-refractivity contribution in [3.63, 3.8) is 0 Å². The van der Waals surface area contributed by atoms with Gasteiger partial charge in [0, 0.05) is 16.8 Å². The van der Waals surface area contributed by atoms with E-state index in [1.807, 2.05) is 24.4 Å². The van der Waals surface area contributed by atoms with Crippen molar-refractivity contribution in [1.82, 2.24) is 9.88 Å². The van der Waals surface area contributed by atoms with Crippen LogP contribution in [0.15, 0.2) is 58.3 Å². The lowest BCUT2D eigenvalue weighted by Crippen LogP contribution is -2.33. The minimum atomic E-state index is -0.474. The van der Waals surface area contributed by atoms with Gasteiger partial charge in [-0.3, -0.25) is 14.5 Å². The largest absolute Gasteiger partial charge is 0.460 e. The van der Waals surface area contributed by atoms with Gasteiger partial charge < -0.3 is 4.74 Å². The average molecular weight is 439 g/mol. The highest BCUT2D eigenvalue weighted by Crippen LogP contribution is 2.27. The summed E-state index contributed by atoms with van der Waals surface area (Å²) in [6, 6.07) is 13.9. The molecule has 0 saturated carbocycles. The smallest absolute Gasteiger partial charge is 0.338 e. The Morgan fingerprint density at radius 2 is 1.73 bits per heavy atom. The number of thioether (sulfide) groups is 1. The van der Waals surface area contributed by atoms with Crippen LogP contribution in [0.2, 0.25) is 0 Å². The maximum atomic E-state index is 12.6. The first kappa shape index (κ1) is 20.3. The topological polar surface area (TPSA) is 76.6 Å². The number of aromatic nitrogens is 1. The fraction of sp³-hybridized carbons (Fsp3) is 0.182. The maximum absolute atomic E-state index is 12.6. The number of carbonyl (C=O) groups excluding carboxylic acids is 3. The lowest BCUT2D eigenvalue weighted by atomic mass is 10.1. The average Bonchev–Trinajstić information content (AvgIpc) is 3.29. The summed E-state index contributed by atoms with van der Waals surface area (Å²) in [5.74, 6) is -0.598. The van der Waals surface area contributed by atoms with Gasteiger partial charge in [-0.1, -0.05) is 42.1 Å². The Hall–Kier alpha value is -2.97. The van der Waals surface area contributed by atoms with Crippen LogP contribution < -0.4 is 0 Å². The summed E-state index contributed by atoms with van der Waals surface area (Å²) in [7, 11) is 0. The summed E-state index contributed by atoms with van der Waals surface area (Å²) >= 11 is 3.14. The molecule has 0 fully saturated rings. The van der Waals surface area contributed by atoms with E-state index in [2.05, 4.69) is 4.98 Å². The molecule has 2 heterocycles. The Balaban J connectivity index is 1.36. The lowest BCUT2D eigenvalue weighted by molar-refractivity contribution is 0.0419. The van der Waals surface area contributed by atoms with Gasteiger partial charge in [-0.15, -0.1) is 11.3 Å². The first-order chi connectivity index (χ1) is 14.5. The second-order valence-electron chi connectivity index (χ2n) is 6.64. The number of amides is 2. The Labute approximate surface area is 181 Å². The van der Waals surface area contributed by atoms with Gasteiger partial charge in [-0.05, 0) is 30.7 Å². The van der Waals surface area contributed by atoms with Crippen LogP contribution >= 0.6 is 23.1 Å². The van der Waals surface area contributed by atoms with Crippen LogP contribution in [-0.2, 0) is 10.5 Å². The zero-order valence-corrected chi connectivity index (χ0v) is 17.8. The second-order valence-corrected chi connectivity index (χ2v) is 8.72. The van der Waals surface area contributed by atoms with Gasteiger partial charge in [0.25, 0.3) is 11.8 Å². The predicted molar refractivity (Wildman–Crippen MR) is 115 cm³/mol. The molecule has 1 aromatic heterocycles. The molecular formula is C22H18N2O4S2. The highest BCUT2D eigenvalue weighted by Gasteiger charge is 2.34. The second kappa shape index (κ2) is 8.81. The molecule has 0 saturated heterocycles. The van der Waals surface area contributed by atoms with Crippen LogP contribution in [0.1, 0.15) is 42.3 Å². The molecule has 0 atom stereocenters. The van der Waals surface area contributed by atoms with E-state index in [9.17, 15) is 14.4 Å². The third kappa shape index (κ3) is 4.15. The molecule has 0 bridgehead atoms. The van der Waals surface area contributed by atoms with Crippen LogP contribution in [-0.4, -0.2) is 40.8 Å². The molecule has 2 aromatic carbocycles. The molecule has 2 amide bonds. The molecule has 1 aliphatic rings. The van der Waals surface area contributed by atoms with E-state index in [1.165, 1.54) is 0 Å². The number of fused-ring (bicyclic) bond motifs is 1. The van der Waals surface area contributed by atoms with E-state index < -0.39 is 5.97 Å². The van der Waals surface area contributed by atoms with Crippen molar-refractivity contribution in [3.8, 4) is 0 Å². The molecule has 8 heteroatoms. The van der Waals surface area contributed by atoms with Gasteiger partial charge in [-0.25, -0.2) is 9.78 Å². The van der Waals surface area contributed by atoms with Crippen LogP contribution in [0, 0.1) is 6.92 Å². The van der Waals surface area contributed by atoms with Crippen molar-refractivity contribution in [3.05, 3.63) is 81.9 Å². The van der Waals surface area contributed by atoms with Crippen LogP contribution in [0.4, 0.5) is 0 Å². The van der Waals surface area contributed by atoms with Crippen LogP contribution in [0.25, 0.3) is 0 Å². The molecule has 6 nitrogen and oxygen atoms in total. The molecule has 0 spiro atoms. The first-order valence-electron chi connectivity index (χ1n) is 9.30. The zero-order valence-electron chi connectivity index (χ0n) is 16.2. The lowest BCUT2D eigenvalue weighted by Gasteiger charge is -2.14. The SMILES string of the molecule is Cc1csc(SCc2ccccc2C(=O)OCCN2C(=O)c3ccccc3C2=O)n1. The molecule has 3 aromatic rings. The molecule has 4 rings (SSSR count). The Morgan fingerprint density at radius 1 is 1.07 bits per heavy atom. The normalized spacial score (nSPS) is 12.9.